The van der Waals surface area contributed by atoms with Crippen LogP contribution in [0.25, 0.3) is 0 Å². The molecular weight excluding hydrogens is 386 g/mol. The highest BCUT2D eigenvalue weighted by atomic mass is 32.2. The van der Waals surface area contributed by atoms with Gasteiger partial charge in [-0.2, -0.15) is 0 Å². The topological polar surface area (TPSA) is 75.3 Å². The van der Waals surface area contributed by atoms with Crippen molar-refractivity contribution in [2.75, 3.05) is 10.0 Å². The van der Waals surface area contributed by atoms with Crippen molar-refractivity contribution in [1.29, 1.82) is 0 Å². The molecule has 0 bridgehead atoms. The molecule has 0 fully saturated rings. The van der Waals surface area contributed by atoms with Gasteiger partial charge in [0, 0.05) is 16.9 Å². The van der Waals surface area contributed by atoms with E-state index in [9.17, 15) is 22.0 Å². The van der Waals surface area contributed by atoms with Gasteiger partial charge in [0.05, 0.1) is 4.90 Å². The van der Waals surface area contributed by atoms with E-state index in [-0.39, 0.29) is 16.1 Å². The molecule has 0 spiro atoms. The van der Waals surface area contributed by atoms with Crippen molar-refractivity contribution in [3.8, 4) is 0 Å². The third-order valence-electron chi connectivity index (χ3n) is 3.95. The molecule has 3 aromatic rings. The molecule has 3 aromatic carbocycles. The van der Waals surface area contributed by atoms with Gasteiger partial charge in [0.15, 0.2) is 0 Å². The number of amides is 1. The first-order valence-electron chi connectivity index (χ1n) is 8.20. The minimum Gasteiger partial charge on any atom is -0.322 e. The number of carbonyl (C=O) groups excluding carboxylic acids is 1. The van der Waals surface area contributed by atoms with Crippen LogP contribution in [0.1, 0.15) is 15.9 Å². The second-order valence-electron chi connectivity index (χ2n) is 6.05. The summed E-state index contributed by atoms with van der Waals surface area (Å²) in [6, 6.07) is 14.2. The fourth-order valence-corrected chi connectivity index (χ4v) is 3.56. The number of nitrogens with one attached hydrogen (secondary N) is 2. The maximum absolute atomic E-state index is 13.4. The molecule has 0 atom stereocenters. The number of benzene rings is 3. The Balaban J connectivity index is 1.83. The van der Waals surface area contributed by atoms with Gasteiger partial charge in [0.2, 0.25) is 0 Å². The first-order valence-corrected chi connectivity index (χ1v) is 9.69. The minimum absolute atomic E-state index is 0.0886. The molecule has 0 aromatic heterocycles. The number of aryl methyl sites for hydroxylation is 1. The summed E-state index contributed by atoms with van der Waals surface area (Å²) in [5, 5.41) is 2.57. The summed E-state index contributed by atoms with van der Waals surface area (Å²) in [4.78, 5) is 12.3. The van der Waals surface area contributed by atoms with Crippen LogP contribution >= 0.6 is 0 Å². The molecule has 28 heavy (non-hydrogen) atoms. The van der Waals surface area contributed by atoms with Gasteiger partial charge in [-0.25, -0.2) is 17.2 Å². The molecule has 0 aliphatic heterocycles. The average Bonchev–Trinajstić information content (AvgIpc) is 2.66. The number of halogens is 2. The Morgan fingerprint density at radius 2 is 1.57 bits per heavy atom. The second-order valence-corrected chi connectivity index (χ2v) is 7.74. The van der Waals surface area contributed by atoms with E-state index >= 15 is 0 Å². The van der Waals surface area contributed by atoms with Crippen LogP contribution in [0.4, 0.5) is 20.2 Å². The third kappa shape index (κ3) is 4.52. The van der Waals surface area contributed by atoms with Crippen LogP contribution in [0, 0.1) is 18.6 Å². The second kappa shape index (κ2) is 7.77. The predicted octanol–water partition coefficient (Wildman–Crippen LogP) is 4.33. The highest BCUT2D eigenvalue weighted by molar-refractivity contribution is 7.92. The number of rotatable bonds is 5. The average molecular weight is 402 g/mol. The standard InChI is InChI=1S/C20H16F2N2O3S/c1-13-5-6-16(22)12-19(13)23-20(25)14-3-2-4-18(11-14)28(26,27)24-17-9-7-15(21)8-10-17/h2-12,24H,1H3,(H,23,25). The molecular formula is C20H16F2N2O3S. The Hall–Kier alpha value is -3.26. The van der Waals surface area contributed by atoms with Gasteiger partial charge in [-0.1, -0.05) is 12.1 Å². The van der Waals surface area contributed by atoms with Crippen molar-refractivity contribution < 1.29 is 22.0 Å². The number of hydrogen-bond acceptors (Lipinski definition) is 3. The van der Waals surface area contributed by atoms with E-state index < -0.39 is 27.6 Å². The van der Waals surface area contributed by atoms with Crippen molar-refractivity contribution in [2.24, 2.45) is 0 Å². The minimum atomic E-state index is -3.98. The van der Waals surface area contributed by atoms with Crippen LogP contribution in [-0.4, -0.2) is 14.3 Å². The SMILES string of the molecule is Cc1ccc(F)cc1NC(=O)c1cccc(S(=O)(=O)Nc2ccc(F)cc2)c1. The summed E-state index contributed by atoms with van der Waals surface area (Å²) in [6.45, 7) is 1.71. The van der Waals surface area contributed by atoms with Crippen molar-refractivity contribution in [3.63, 3.8) is 0 Å². The molecule has 0 unspecified atom stereocenters. The molecule has 8 heteroatoms. The van der Waals surface area contributed by atoms with Gasteiger partial charge in [0.25, 0.3) is 15.9 Å². The third-order valence-corrected chi connectivity index (χ3v) is 5.33. The summed E-state index contributed by atoms with van der Waals surface area (Å²) in [5.41, 5.74) is 1.23. The van der Waals surface area contributed by atoms with Crippen molar-refractivity contribution in [3.05, 3.63) is 89.5 Å². The van der Waals surface area contributed by atoms with E-state index in [0.29, 0.717) is 11.3 Å². The molecule has 1 amide bonds. The molecule has 0 saturated carbocycles. The monoisotopic (exact) mass is 402 g/mol. The maximum atomic E-state index is 13.4. The van der Waals surface area contributed by atoms with Crippen molar-refractivity contribution >= 4 is 27.3 Å². The lowest BCUT2D eigenvalue weighted by molar-refractivity contribution is 0.102. The zero-order valence-electron chi connectivity index (χ0n) is 14.7. The number of anilines is 2. The van der Waals surface area contributed by atoms with Crippen LogP contribution < -0.4 is 10.0 Å². The molecule has 0 aliphatic carbocycles. The van der Waals surface area contributed by atoms with Gasteiger partial charge in [-0.15, -0.1) is 0 Å². The lowest BCUT2D eigenvalue weighted by Gasteiger charge is -2.11. The normalized spacial score (nSPS) is 11.1. The van der Waals surface area contributed by atoms with Gasteiger partial charge in [-0.05, 0) is 67.1 Å². The summed E-state index contributed by atoms with van der Waals surface area (Å²) in [5.74, 6) is -1.57. The van der Waals surface area contributed by atoms with E-state index in [1.54, 1.807) is 6.92 Å². The highest BCUT2D eigenvalue weighted by Gasteiger charge is 2.17. The van der Waals surface area contributed by atoms with E-state index in [2.05, 4.69) is 10.0 Å². The fourth-order valence-electron chi connectivity index (χ4n) is 2.46. The number of hydrogen-bond donors (Lipinski definition) is 2. The Labute approximate surface area is 161 Å². The summed E-state index contributed by atoms with van der Waals surface area (Å²) in [6.07, 6.45) is 0. The molecule has 5 nitrogen and oxygen atoms in total. The van der Waals surface area contributed by atoms with Crippen LogP contribution in [-0.2, 0) is 10.0 Å². The number of sulfonamides is 1. The first-order chi connectivity index (χ1) is 13.2. The van der Waals surface area contributed by atoms with E-state index in [1.165, 1.54) is 54.6 Å². The van der Waals surface area contributed by atoms with Gasteiger partial charge < -0.3 is 5.32 Å². The van der Waals surface area contributed by atoms with Crippen LogP contribution in [0.5, 0.6) is 0 Å². The Morgan fingerprint density at radius 3 is 2.29 bits per heavy atom. The van der Waals surface area contributed by atoms with Crippen LogP contribution in [0.3, 0.4) is 0 Å². The largest absolute Gasteiger partial charge is 0.322 e. The number of carbonyl (C=O) groups is 1. The molecule has 0 aliphatic rings. The lowest BCUT2D eigenvalue weighted by atomic mass is 10.1. The molecule has 0 heterocycles. The zero-order chi connectivity index (χ0) is 20.3. The Bertz CT molecular complexity index is 1130. The lowest BCUT2D eigenvalue weighted by Crippen LogP contribution is -2.16. The molecule has 0 radical (unpaired) electrons. The molecule has 2 N–H and O–H groups in total. The molecule has 144 valence electrons. The summed E-state index contributed by atoms with van der Waals surface area (Å²) in [7, 11) is -3.98. The maximum Gasteiger partial charge on any atom is 0.261 e. The van der Waals surface area contributed by atoms with Gasteiger partial charge in [-0.3, -0.25) is 9.52 Å². The van der Waals surface area contributed by atoms with E-state index in [1.807, 2.05) is 0 Å². The predicted molar refractivity (Wildman–Crippen MR) is 103 cm³/mol. The Kier molecular flexibility index (Phi) is 5.41. The summed E-state index contributed by atoms with van der Waals surface area (Å²) >= 11 is 0. The van der Waals surface area contributed by atoms with Gasteiger partial charge >= 0.3 is 0 Å². The first kappa shape index (κ1) is 19.5. The highest BCUT2D eigenvalue weighted by Crippen LogP contribution is 2.20. The van der Waals surface area contributed by atoms with E-state index in [4.69, 9.17) is 0 Å². The smallest absolute Gasteiger partial charge is 0.261 e. The van der Waals surface area contributed by atoms with Crippen molar-refractivity contribution in [2.45, 2.75) is 11.8 Å². The van der Waals surface area contributed by atoms with Crippen LogP contribution in [0.15, 0.2) is 71.6 Å². The quantitative estimate of drug-likeness (QED) is 0.667. The zero-order valence-corrected chi connectivity index (χ0v) is 15.6. The van der Waals surface area contributed by atoms with E-state index in [0.717, 1.165) is 12.1 Å². The fraction of sp³-hybridized carbons (Fsp3) is 0.0500. The molecule has 0 saturated heterocycles. The van der Waals surface area contributed by atoms with Crippen molar-refractivity contribution in [1.82, 2.24) is 0 Å². The Morgan fingerprint density at radius 1 is 0.893 bits per heavy atom. The van der Waals surface area contributed by atoms with Crippen LogP contribution in [0.2, 0.25) is 0 Å². The molecule has 3 rings (SSSR count). The summed E-state index contributed by atoms with van der Waals surface area (Å²) < 4.78 is 53.7. The van der Waals surface area contributed by atoms with Gasteiger partial charge in [0.1, 0.15) is 11.6 Å².